The molecule has 0 spiro atoms. The van der Waals surface area contributed by atoms with Gasteiger partial charge in [-0.25, -0.2) is 4.98 Å². The molecule has 0 aliphatic rings. The number of aliphatic hydroxyl groups is 1. The summed E-state index contributed by atoms with van der Waals surface area (Å²) in [5, 5.41) is 12.4. The van der Waals surface area contributed by atoms with E-state index in [-0.39, 0.29) is 12.1 Å². The Labute approximate surface area is 90.5 Å². The van der Waals surface area contributed by atoms with Gasteiger partial charge in [-0.05, 0) is 25.8 Å². The summed E-state index contributed by atoms with van der Waals surface area (Å²) in [6, 6.07) is 3.67. The fourth-order valence-electron chi connectivity index (χ4n) is 1.45. The molecule has 0 fully saturated rings. The average molecular weight is 209 g/mol. The third kappa shape index (κ3) is 3.40. The van der Waals surface area contributed by atoms with Crippen LogP contribution in [-0.4, -0.2) is 22.2 Å². The number of rotatable bonds is 5. The van der Waals surface area contributed by atoms with Gasteiger partial charge in [0.15, 0.2) is 0 Å². The van der Waals surface area contributed by atoms with E-state index in [1.165, 1.54) is 0 Å². The van der Waals surface area contributed by atoms with E-state index in [4.69, 9.17) is 10.8 Å². The third-order valence-electron chi connectivity index (χ3n) is 2.67. The predicted molar refractivity (Wildman–Crippen MR) is 62.7 cm³/mol. The molecule has 1 aromatic heterocycles. The Kier molecular flexibility index (Phi) is 3.91. The van der Waals surface area contributed by atoms with Crippen LogP contribution in [0.4, 0.5) is 11.5 Å². The Morgan fingerprint density at radius 3 is 2.87 bits per heavy atom. The molecule has 0 bridgehead atoms. The van der Waals surface area contributed by atoms with Crippen LogP contribution in [0.1, 0.15) is 26.7 Å². The number of aromatic nitrogens is 1. The molecule has 1 unspecified atom stereocenters. The van der Waals surface area contributed by atoms with Crippen molar-refractivity contribution in [3.8, 4) is 0 Å². The van der Waals surface area contributed by atoms with E-state index in [9.17, 15) is 0 Å². The van der Waals surface area contributed by atoms with E-state index >= 15 is 0 Å². The highest BCUT2D eigenvalue weighted by Crippen LogP contribution is 2.21. The molecule has 4 N–H and O–H groups in total. The Bertz CT molecular complexity index is 316. The predicted octanol–water partition coefficient (Wildman–Crippen LogP) is 1.63. The van der Waals surface area contributed by atoms with Crippen LogP contribution in [0.5, 0.6) is 0 Å². The number of nitrogens with one attached hydrogen (secondary N) is 1. The van der Waals surface area contributed by atoms with E-state index in [1.807, 2.05) is 6.07 Å². The zero-order chi connectivity index (χ0) is 11.3. The van der Waals surface area contributed by atoms with Crippen molar-refractivity contribution in [2.24, 2.45) is 0 Å². The molecular formula is C11H19N3O. The number of aliphatic hydroxyl groups excluding tert-OH is 1. The molecule has 15 heavy (non-hydrogen) atoms. The number of nitrogens with two attached hydrogens (primary N) is 1. The molecule has 1 heterocycles. The van der Waals surface area contributed by atoms with E-state index in [1.54, 1.807) is 12.3 Å². The molecule has 0 amide bonds. The molecule has 0 aliphatic heterocycles. The monoisotopic (exact) mass is 209 g/mol. The summed E-state index contributed by atoms with van der Waals surface area (Å²) in [5.41, 5.74) is 6.44. The Morgan fingerprint density at radius 2 is 2.33 bits per heavy atom. The van der Waals surface area contributed by atoms with Crippen LogP contribution < -0.4 is 11.1 Å². The largest absolute Gasteiger partial charge is 0.396 e. The van der Waals surface area contributed by atoms with E-state index in [0.717, 1.165) is 12.1 Å². The molecule has 1 rings (SSSR count). The summed E-state index contributed by atoms with van der Waals surface area (Å²) in [6.07, 6.45) is 3.33. The van der Waals surface area contributed by atoms with Crippen molar-refractivity contribution >= 4 is 11.5 Å². The molecule has 0 saturated heterocycles. The first-order valence-electron chi connectivity index (χ1n) is 5.20. The van der Waals surface area contributed by atoms with Crippen LogP contribution >= 0.6 is 0 Å². The number of pyridine rings is 1. The standard InChI is InChI=1S/C11H19N3O/c1-3-11(2,5-7-15)14-9-4-6-13-10(12)8-9/h4,6,8,15H,3,5,7H2,1-2H3,(H3,12,13,14). The van der Waals surface area contributed by atoms with E-state index < -0.39 is 0 Å². The second kappa shape index (κ2) is 4.98. The Balaban J connectivity index is 2.74. The van der Waals surface area contributed by atoms with E-state index in [2.05, 4.69) is 24.1 Å². The molecule has 1 atom stereocenters. The summed E-state index contributed by atoms with van der Waals surface area (Å²) >= 11 is 0. The molecule has 0 radical (unpaired) electrons. The Morgan fingerprint density at radius 1 is 1.60 bits per heavy atom. The van der Waals surface area contributed by atoms with Crippen molar-refractivity contribution in [1.29, 1.82) is 0 Å². The number of hydrogen-bond donors (Lipinski definition) is 3. The number of anilines is 2. The van der Waals surface area contributed by atoms with Crippen LogP contribution in [0.25, 0.3) is 0 Å². The smallest absolute Gasteiger partial charge is 0.125 e. The molecule has 0 aliphatic carbocycles. The van der Waals surface area contributed by atoms with Crippen molar-refractivity contribution in [3.63, 3.8) is 0 Å². The first-order valence-corrected chi connectivity index (χ1v) is 5.20. The van der Waals surface area contributed by atoms with Crippen molar-refractivity contribution in [2.75, 3.05) is 17.7 Å². The van der Waals surface area contributed by atoms with Gasteiger partial charge in [0.2, 0.25) is 0 Å². The Hall–Kier alpha value is -1.29. The van der Waals surface area contributed by atoms with Crippen molar-refractivity contribution < 1.29 is 5.11 Å². The fourth-order valence-corrected chi connectivity index (χ4v) is 1.45. The average Bonchev–Trinajstić information content (AvgIpc) is 2.18. The lowest BCUT2D eigenvalue weighted by molar-refractivity contribution is 0.252. The second-order valence-corrected chi connectivity index (χ2v) is 3.98. The van der Waals surface area contributed by atoms with Crippen molar-refractivity contribution in [1.82, 2.24) is 4.98 Å². The summed E-state index contributed by atoms with van der Waals surface area (Å²) in [4.78, 5) is 3.93. The van der Waals surface area contributed by atoms with Gasteiger partial charge in [0.25, 0.3) is 0 Å². The highest BCUT2D eigenvalue weighted by atomic mass is 16.3. The maximum Gasteiger partial charge on any atom is 0.125 e. The third-order valence-corrected chi connectivity index (χ3v) is 2.67. The molecular weight excluding hydrogens is 190 g/mol. The van der Waals surface area contributed by atoms with Crippen LogP contribution in [0.15, 0.2) is 18.3 Å². The van der Waals surface area contributed by atoms with Gasteiger partial charge in [-0.3, -0.25) is 0 Å². The van der Waals surface area contributed by atoms with Gasteiger partial charge in [-0.2, -0.15) is 0 Å². The molecule has 4 nitrogen and oxygen atoms in total. The first-order chi connectivity index (χ1) is 7.09. The summed E-state index contributed by atoms with van der Waals surface area (Å²) in [7, 11) is 0. The quantitative estimate of drug-likeness (QED) is 0.689. The molecule has 1 aromatic rings. The highest BCUT2D eigenvalue weighted by Gasteiger charge is 2.20. The number of hydrogen-bond acceptors (Lipinski definition) is 4. The van der Waals surface area contributed by atoms with Crippen LogP contribution in [-0.2, 0) is 0 Å². The minimum atomic E-state index is -0.0947. The van der Waals surface area contributed by atoms with Gasteiger partial charge >= 0.3 is 0 Å². The second-order valence-electron chi connectivity index (χ2n) is 3.98. The summed E-state index contributed by atoms with van der Waals surface area (Å²) < 4.78 is 0. The first kappa shape index (κ1) is 11.8. The lowest BCUT2D eigenvalue weighted by Crippen LogP contribution is -2.35. The molecule has 0 aromatic carbocycles. The van der Waals surface area contributed by atoms with Gasteiger partial charge in [0.05, 0.1) is 0 Å². The fraction of sp³-hybridized carbons (Fsp3) is 0.545. The van der Waals surface area contributed by atoms with Crippen molar-refractivity contribution in [3.05, 3.63) is 18.3 Å². The SMILES string of the molecule is CCC(C)(CCO)Nc1ccnc(N)c1. The lowest BCUT2D eigenvalue weighted by atomic mass is 9.94. The zero-order valence-electron chi connectivity index (χ0n) is 9.33. The summed E-state index contributed by atoms with van der Waals surface area (Å²) in [5.74, 6) is 0.502. The highest BCUT2D eigenvalue weighted by molar-refractivity contribution is 5.51. The maximum atomic E-state index is 8.99. The normalized spacial score (nSPS) is 14.6. The number of nitrogens with zero attached hydrogens (tertiary/aromatic N) is 1. The van der Waals surface area contributed by atoms with Crippen molar-refractivity contribution in [2.45, 2.75) is 32.2 Å². The molecule has 0 saturated carbocycles. The minimum Gasteiger partial charge on any atom is -0.396 e. The van der Waals surface area contributed by atoms with Crippen LogP contribution in [0, 0.1) is 0 Å². The molecule has 4 heteroatoms. The summed E-state index contributed by atoms with van der Waals surface area (Å²) in [6.45, 7) is 4.35. The van der Waals surface area contributed by atoms with Gasteiger partial charge in [-0.1, -0.05) is 6.92 Å². The minimum absolute atomic E-state index is 0.0947. The molecule has 84 valence electrons. The van der Waals surface area contributed by atoms with Crippen LogP contribution in [0.3, 0.4) is 0 Å². The zero-order valence-corrected chi connectivity index (χ0v) is 9.33. The van der Waals surface area contributed by atoms with E-state index in [0.29, 0.717) is 12.2 Å². The number of nitrogen functional groups attached to an aromatic ring is 1. The van der Waals surface area contributed by atoms with Gasteiger partial charge in [0.1, 0.15) is 5.82 Å². The van der Waals surface area contributed by atoms with Gasteiger partial charge in [0, 0.05) is 30.1 Å². The lowest BCUT2D eigenvalue weighted by Gasteiger charge is -2.30. The maximum absolute atomic E-state index is 8.99. The van der Waals surface area contributed by atoms with Gasteiger partial charge in [-0.15, -0.1) is 0 Å². The van der Waals surface area contributed by atoms with Gasteiger partial charge < -0.3 is 16.2 Å². The van der Waals surface area contributed by atoms with Crippen LogP contribution in [0.2, 0.25) is 0 Å². The topological polar surface area (TPSA) is 71.2 Å².